The molecule has 112 valence electrons. The van der Waals surface area contributed by atoms with Gasteiger partial charge in [0.05, 0.1) is 17.7 Å². The lowest BCUT2D eigenvalue weighted by Crippen LogP contribution is -2.20. The molecular weight excluding hydrogens is 357 g/mol. The molecule has 4 nitrogen and oxygen atoms in total. The molecule has 0 spiro atoms. The first-order chi connectivity index (χ1) is 9.14. The average molecular weight is 364 g/mol. The highest BCUT2D eigenvalue weighted by Crippen LogP contribution is 2.35. The Morgan fingerprint density at radius 2 is 2.05 bits per heavy atom. The lowest BCUT2D eigenvalue weighted by atomic mass is 10.1. The second-order valence-electron chi connectivity index (χ2n) is 3.54. The lowest BCUT2D eigenvalue weighted by molar-refractivity contribution is -0.276. The van der Waals surface area contributed by atoms with Crippen LogP contribution in [0.5, 0.6) is 5.88 Å². The Morgan fingerprint density at radius 1 is 1.45 bits per heavy atom. The fourth-order valence-electron chi connectivity index (χ4n) is 1.44. The van der Waals surface area contributed by atoms with E-state index in [-0.39, 0.29) is 11.0 Å². The Labute approximate surface area is 117 Å². The molecular formula is C10H7BrF5NO3. The van der Waals surface area contributed by atoms with Gasteiger partial charge in [-0.15, -0.1) is 13.2 Å². The van der Waals surface area contributed by atoms with E-state index in [1.54, 1.807) is 0 Å². The zero-order valence-corrected chi connectivity index (χ0v) is 11.1. The van der Waals surface area contributed by atoms with Crippen LogP contribution in [0.2, 0.25) is 0 Å². The van der Waals surface area contributed by atoms with Crippen molar-refractivity contribution in [3.63, 3.8) is 0 Å². The number of ether oxygens (including phenoxy) is 1. The van der Waals surface area contributed by atoms with Crippen molar-refractivity contribution < 1.29 is 36.6 Å². The van der Waals surface area contributed by atoms with E-state index in [2.05, 4.69) is 25.7 Å². The fourth-order valence-corrected chi connectivity index (χ4v) is 1.72. The van der Waals surface area contributed by atoms with Crippen LogP contribution in [0.15, 0.2) is 6.07 Å². The second-order valence-corrected chi connectivity index (χ2v) is 4.10. The number of carbonyl (C=O) groups is 1. The van der Waals surface area contributed by atoms with Crippen molar-refractivity contribution >= 4 is 21.9 Å². The van der Waals surface area contributed by atoms with Crippen LogP contribution in [0, 0.1) is 0 Å². The van der Waals surface area contributed by atoms with Crippen LogP contribution < -0.4 is 4.74 Å². The molecule has 0 amide bonds. The van der Waals surface area contributed by atoms with E-state index in [0.29, 0.717) is 0 Å². The molecule has 0 radical (unpaired) electrons. The molecule has 0 aromatic carbocycles. The number of hydrogen-bond acceptors (Lipinski definition) is 3. The van der Waals surface area contributed by atoms with Crippen LogP contribution in [0.25, 0.3) is 0 Å². The van der Waals surface area contributed by atoms with Gasteiger partial charge in [0, 0.05) is 5.33 Å². The van der Waals surface area contributed by atoms with Gasteiger partial charge >= 0.3 is 12.3 Å². The third-order valence-electron chi connectivity index (χ3n) is 2.07. The molecule has 1 N–H and O–H groups in total. The molecule has 1 heterocycles. The number of alkyl halides is 6. The first-order valence-electron chi connectivity index (χ1n) is 4.98. The summed E-state index contributed by atoms with van der Waals surface area (Å²) in [6.45, 7) is 0. The summed E-state index contributed by atoms with van der Waals surface area (Å²) in [5.41, 5.74) is -1.70. The van der Waals surface area contributed by atoms with Crippen LogP contribution in [0.1, 0.15) is 23.2 Å². The van der Waals surface area contributed by atoms with Gasteiger partial charge in [-0.1, -0.05) is 15.9 Å². The SMILES string of the molecule is O=C(O)Cc1cc(CBr)nc(OC(F)(F)F)c1C(F)F. The fraction of sp³-hybridized carbons (Fsp3) is 0.400. The molecule has 0 atom stereocenters. The molecule has 1 rings (SSSR count). The van der Waals surface area contributed by atoms with E-state index in [4.69, 9.17) is 5.11 Å². The average Bonchev–Trinajstić information content (AvgIpc) is 2.24. The molecule has 10 heteroatoms. The van der Waals surface area contributed by atoms with E-state index in [0.717, 1.165) is 6.07 Å². The monoisotopic (exact) mass is 363 g/mol. The molecule has 0 bridgehead atoms. The number of nitrogens with zero attached hydrogens (tertiary/aromatic N) is 1. The number of carboxylic acid groups (broad SMARTS) is 1. The number of hydrogen-bond donors (Lipinski definition) is 1. The van der Waals surface area contributed by atoms with Crippen LogP contribution >= 0.6 is 15.9 Å². The Balaban J connectivity index is 3.41. The van der Waals surface area contributed by atoms with Crippen LogP contribution in [0.4, 0.5) is 22.0 Å². The Morgan fingerprint density at radius 3 is 2.45 bits per heavy atom. The van der Waals surface area contributed by atoms with Crippen LogP contribution in [0.3, 0.4) is 0 Å². The van der Waals surface area contributed by atoms with Gasteiger partial charge in [-0.3, -0.25) is 4.79 Å². The molecule has 1 aromatic heterocycles. The number of rotatable bonds is 5. The lowest BCUT2D eigenvalue weighted by Gasteiger charge is -2.15. The van der Waals surface area contributed by atoms with E-state index >= 15 is 0 Å². The van der Waals surface area contributed by atoms with Crippen LogP contribution in [-0.2, 0) is 16.5 Å². The van der Waals surface area contributed by atoms with Gasteiger partial charge in [0.2, 0.25) is 5.88 Å². The zero-order chi connectivity index (χ0) is 15.5. The number of aliphatic carboxylic acids is 1. The van der Waals surface area contributed by atoms with Crippen molar-refractivity contribution in [3.05, 3.63) is 22.9 Å². The number of halogens is 6. The molecule has 0 unspecified atom stereocenters. The summed E-state index contributed by atoms with van der Waals surface area (Å²) in [6, 6.07) is 0.994. The Bertz CT molecular complexity index is 506. The summed E-state index contributed by atoms with van der Waals surface area (Å²) in [6.07, 6.45) is -9.42. The summed E-state index contributed by atoms with van der Waals surface area (Å²) in [7, 11) is 0. The first-order valence-corrected chi connectivity index (χ1v) is 6.10. The highest BCUT2D eigenvalue weighted by atomic mass is 79.9. The van der Waals surface area contributed by atoms with Crippen molar-refractivity contribution in [3.8, 4) is 5.88 Å². The summed E-state index contributed by atoms with van der Waals surface area (Å²) >= 11 is 2.90. The Kier molecular flexibility index (Phi) is 5.26. The molecule has 0 aliphatic rings. The minimum absolute atomic E-state index is 0.0443. The summed E-state index contributed by atoms with van der Waals surface area (Å²) in [5, 5.41) is 8.58. The van der Waals surface area contributed by atoms with Gasteiger partial charge in [-0.2, -0.15) is 0 Å². The molecule has 1 aromatic rings. The quantitative estimate of drug-likeness (QED) is 0.643. The third kappa shape index (κ3) is 4.58. The highest BCUT2D eigenvalue weighted by Gasteiger charge is 2.35. The summed E-state index contributed by atoms with van der Waals surface area (Å²) in [4.78, 5) is 13.9. The summed E-state index contributed by atoms with van der Waals surface area (Å²) < 4.78 is 65.7. The predicted molar refractivity (Wildman–Crippen MR) is 59.8 cm³/mol. The van der Waals surface area contributed by atoms with Crippen molar-refractivity contribution in [2.75, 3.05) is 0 Å². The predicted octanol–water partition coefficient (Wildman–Crippen LogP) is 3.44. The van der Waals surface area contributed by atoms with Gasteiger partial charge in [0.25, 0.3) is 6.43 Å². The van der Waals surface area contributed by atoms with Crippen LogP contribution in [-0.4, -0.2) is 22.4 Å². The molecule has 0 saturated heterocycles. The standard InChI is InChI=1S/C10H7BrF5NO3/c11-3-5-1-4(2-6(18)19)7(8(12)13)9(17-5)20-10(14,15)16/h1,8H,2-3H2,(H,18,19). The highest BCUT2D eigenvalue weighted by molar-refractivity contribution is 9.08. The van der Waals surface area contributed by atoms with E-state index in [1.807, 2.05) is 0 Å². The van der Waals surface area contributed by atoms with Gasteiger partial charge in [-0.05, 0) is 11.6 Å². The van der Waals surface area contributed by atoms with E-state index in [1.165, 1.54) is 0 Å². The van der Waals surface area contributed by atoms with Gasteiger partial charge in [0.15, 0.2) is 0 Å². The molecule has 0 saturated carbocycles. The minimum atomic E-state index is -5.21. The second kappa shape index (κ2) is 6.33. The third-order valence-corrected chi connectivity index (χ3v) is 2.65. The first kappa shape index (κ1) is 16.6. The summed E-state index contributed by atoms with van der Waals surface area (Å²) in [5.74, 6) is -2.79. The minimum Gasteiger partial charge on any atom is -0.481 e. The van der Waals surface area contributed by atoms with Crippen molar-refractivity contribution in [2.45, 2.75) is 24.5 Å². The van der Waals surface area contributed by atoms with Gasteiger partial charge < -0.3 is 9.84 Å². The molecule has 0 aliphatic carbocycles. The normalized spacial score (nSPS) is 11.8. The Hall–Kier alpha value is -1.45. The van der Waals surface area contributed by atoms with Crippen molar-refractivity contribution in [2.24, 2.45) is 0 Å². The maximum atomic E-state index is 12.9. The molecule has 0 fully saturated rings. The zero-order valence-electron chi connectivity index (χ0n) is 9.55. The molecule has 20 heavy (non-hydrogen) atoms. The van der Waals surface area contributed by atoms with Gasteiger partial charge in [-0.25, -0.2) is 13.8 Å². The molecule has 0 aliphatic heterocycles. The maximum Gasteiger partial charge on any atom is 0.574 e. The topological polar surface area (TPSA) is 59.4 Å². The van der Waals surface area contributed by atoms with Crippen molar-refractivity contribution in [1.82, 2.24) is 4.98 Å². The smallest absolute Gasteiger partial charge is 0.481 e. The maximum absolute atomic E-state index is 12.9. The van der Waals surface area contributed by atoms with E-state index in [9.17, 15) is 26.7 Å². The number of carboxylic acids is 1. The largest absolute Gasteiger partial charge is 0.574 e. The van der Waals surface area contributed by atoms with E-state index < -0.39 is 42.2 Å². The van der Waals surface area contributed by atoms with Crippen molar-refractivity contribution in [1.29, 1.82) is 0 Å². The number of pyridine rings is 1. The van der Waals surface area contributed by atoms with Gasteiger partial charge in [0.1, 0.15) is 0 Å². The number of aromatic nitrogens is 1.